The predicted octanol–water partition coefficient (Wildman–Crippen LogP) is 2.78. The second-order valence-corrected chi connectivity index (χ2v) is 18.0. The molecule has 2 aliphatic carbocycles. The zero-order chi connectivity index (χ0) is 38.4. The van der Waals surface area contributed by atoms with Crippen molar-refractivity contribution in [2.75, 3.05) is 19.8 Å². The number of nitrogens with zero attached hydrogens (tertiary/aromatic N) is 2. The zero-order valence-electron chi connectivity index (χ0n) is 30.9. The molecule has 1 saturated heterocycles. The van der Waals surface area contributed by atoms with Crippen molar-refractivity contribution in [1.82, 2.24) is 25.2 Å². The second kappa shape index (κ2) is 14.6. The molecule has 4 heterocycles. The van der Waals surface area contributed by atoms with Crippen LogP contribution in [0.3, 0.4) is 0 Å². The van der Waals surface area contributed by atoms with Gasteiger partial charge in [0, 0.05) is 24.4 Å². The molecule has 1 aromatic carbocycles. The molecule has 54 heavy (non-hydrogen) atoms. The van der Waals surface area contributed by atoms with Crippen LogP contribution in [0.2, 0.25) is 0 Å². The summed E-state index contributed by atoms with van der Waals surface area (Å²) in [6, 6.07) is 1.43. The summed E-state index contributed by atoms with van der Waals surface area (Å²) in [6.07, 6.45) is 5.45. The maximum Gasteiger partial charge on any atom is 0.410 e. The minimum absolute atomic E-state index is 0.0891. The summed E-state index contributed by atoms with van der Waals surface area (Å²) in [4.78, 5) is 71.7. The number of carbonyl (C=O) groups is 5. The van der Waals surface area contributed by atoms with Crippen LogP contribution in [0.4, 0.5) is 9.59 Å². The lowest BCUT2D eigenvalue weighted by Gasteiger charge is -2.30. The minimum atomic E-state index is -3.91. The smallest absolute Gasteiger partial charge is 0.410 e. The second-order valence-electron chi connectivity index (χ2n) is 16.0. The van der Waals surface area contributed by atoms with Gasteiger partial charge in [-0.3, -0.25) is 24.0 Å². The fraction of sp³-hybridized carbons (Fsp3) is 0.649. The van der Waals surface area contributed by atoms with Crippen molar-refractivity contribution in [1.29, 1.82) is 0 Å². The molecular formula is C37H49N5O11S. The summed E-state index contributed by atoms with van der Waals surface area (Å²) in [5, 5.41) is 4.87. The standard InChI is InChI=1S/C37H49N5O11S/c1-36(2,3)53-34(46)38-27-10-8-6-4-5-7-9-23-18-37(23,33(45)40-54(48,49)25-12-13-25)39-31(43)28-17-24(20-42(28)32(27)44)52-35(47)41-19-22-11-14-29-30(26(22)21-41)51-16-15-50-29/h7,9,11,14,23-25,27-28H,4-6,8,10,12-13,15-21H2,1-3H3,(H,38,46)(H,39,43)(H,40,45)/b9-7-/t23-,24-,27+,28?,37-/m1/s1. The van der Waals surface area contributed by atoms with Crippen LogP contribution < -0.4 is 24.8 Å². The number of sulfonamides is 1. The van der Waals surface area contributed by atoms with Crippen LogP contribution in [0.25, 0.3) is 0 Å². The van der Waals surface area contributed by atoms with Gasteiger partial charge in [0.2, 0.25) is 21.8 Å². The summed E-state index contributed by atoms with van der Waals surface area (Å²) in [7, 11) is -3.91. The van der Waals surface area contributed by atoms with Gasteiger partial charge in [-0.25, -0.2) is 18.0 Å². The average molecular weight is 772 g/mol. The fourth-order valence-electron chi connectivity index (χ4n) is 7.63. The molecular weight excluding hydrogens is 722 g/mol. The van der Waals surface area contributed by atoms with E-state index in [-0.39, 0.29) is 38.9 Å². The number of amides is 5. The van der Waals surface area contributed by atoms with Gasteiger partial charge >= 0.3 is 12.2 Å². The van der Waals surface area contributed by atoms with E-state index in [2.05, 4.69) is 15.4 Å². The normalized spacial score (nSPS) is 28.9. The number of allylic oxidation sites excluding steroid dienone is 1. The molecule has 5 atom stereocenters. The first kappa shape index (κ1) is 37.8. The number of benzene rings is 1. The SMILES string of the molecule is CC(C)(C)OC(=O)N[C@H]1CCCCC/C=C\[C@@H]2C[C@@]2(C(=O)NS(=O)(=O)C2CC2)NC(=O)C2C[C@@H](OC(=O)N3Cc4ccc5c(c4C3)OCCO5)CN2C1=O. The van der Waals surface area contributed by atoms with Gasteiger partial charge in [-0.2, -0.15) is 0 Å². The Kier molecular flexibility index (Phi) is 10.2. The third-order valence-corrected chi connectivity index (χ3v) is 12.5. The highest BCUT2D eigenvalue weighted by Gasteiger charge is 2.62. The van der Waals surface area contributed by atoms with Crippen molar-refractivity contribution in [3.8, 4) is 11.5 Å². The average Bonchev–Trinajstić information content (AvgIpc) is 3.99. The Balaban J connectivity index is 1.12. The highest BCUT2D eigenvalue weighted by molar-refractivity contribution is 7.91. The number of alkyl carbamates (subject to hydrolysis) is 1. The monoisotopic (exact) mass is 771 g/mol. The molecule has 0 radical (unpaired) electrons. The van der Waals surface area contributed by atoms with E-state index in [0.29, 0.717) is 50.4 Å². The molecule has 17 heteroatoms. The Morgan fingerprint density at radius 1 is 1.02 bits per heavy atom. The summed E-state index contributed by atoms with van der Waals surface area (Å²) < 4.78 is 50.8. The molecule has 0 aromatic heterocycles. The first-order valence-corrected chi connectivity index (χ1v) is 20.4. The van der Waals surface area contributed by atoms with Crippen molar-refractivity contribution < 1.29 is 51.3 Å². The van der Waals surface area contributed by atoms with E-state index in [9.17, 15) is 32.4 Å². The summed E-state index contributed by atoms with van der Waals surface area (Å²) in [5.74, 6) is -1.33. The maximum absolute atomic E-state index is 14.4. The van der Waals surface area contributed by atoms with Crippen LogP contribution in [0.1, 0.15) is 89.7 Å². The van der Waals surface area contributed by atoms with Crippen LogP contribution >= 0.6 is 0 Å². The molecule has 6 aliphatic rings. The summed E-state index contributed by atoms with van der Waals surface area (Å²) in [5.41, 5.74) is -0.652. The summed E-state index contributed by atoms with van der Waals surface area (Å²) >= 11 is 0. The molecule has 1 aromatic rings. The van der Waals surface area contributed by atoms with Crippen LogP contribution in [0, 0.1) is 5.92 Å². The van der Waals surface area contributed by atoms with Gasteiger partial charge in [-0.15, -0.1) is 0 Å². The Morgan fingerprint density at radius 2 is 1.80 bits per heavy atom. The van der Waals surface area contributed by atoms with Crippen molar-refractivity contribution in [3.63, 3.8) is 0 Å². The Bertz CT molecular complexity index is 1840. The fourth-order valence-corrected chi connectivity index (χ4v) is 9.00. The van der Waals surface area contributed by atoms with E-state index in [1.807, 2.05) is 24.3 Å². The third-order valence-electron chi connectivity index (χ3n) is 10.7. The highest BCUT2D eigenvalue weighted by atomic mass is 32.2. The first-order valence-electron chi connectivity index (χ1n) is 18.8. The molecule has 3 fully saturated rings. The number of fused-ring (bicyclic) bond motifs is 5. The minimum Gasteiger partial charge on any atom is -0.486 e. The molecule has 294 valence electrons. The van der Waals surface area contributed by atoms with Gasteiger partial charge in [0.25, 0.3) is 5.91 Å². The van der Waals surface area contributed by atoms with E-state index in [4.69, 9.17) is 18.9 Å². The Hall–Kier alpha value is -4.54. The van der Waals surface area contributed by atoms with Gasteiger partial charge in [-0.05, 0) is 70.9 Å². The Morgan fingerprint density at radius 3 is 2.56 bits per heavy atom. The van der Waals surface area contributed by atoms with E-state index in [1.54, 1.807) is 20.8 Å². The summed E-state index contributed by atoms with van der Waals surface area (Å²) in [6.45, 7) is 6.28. The molecule has 3 N–H and O–H groups in total. The van der Waals surface area contributed by atoms with Gasteiger partial charge < -0.3 is 34.5 Å². The first-order chi connectivity index (χ1) is 25.6. The Labute approximate surface area is 314 Å². The van der Waals surface area contributed by atoms with E-state index in [0.717, 1.165) is 24.0 Å². The molecule has 5 amide bonds. The maximum atomic E-state index is 14.4. The molecule has 7 rings (SSSR count). The lowest BCUT2D eigenvalue weighted by molar-refractivity contribution is -0.141. The van der Waals surface area contributed by atoms with Crippen LogP contribution in [0.5, 0.6) is 11.5 Å². The van der Waals surface area contributed by atoms with Gasteiger partial charge in [-0.1, -0.05) is 31.1 Å². The van der Waals surface area contributed by atoms with E-state index < -0.39 is 80.4 Å². The van der Waals surface area contributed by atoms with Crippen molar-refractivity contribution >= 4 is 39.9 Å². The van der Waals surface area contributed by atoms with Crippen LogP contribution in [-0.2, 0) is 47.0 Å². The lowest BCUT2D eigenvalue weighted by atomic mass is 10.0. The number of carbonyl (C=O) groups excluding carboxylic acids is 5. The van der Waals surface area contributed by atoms with Gasteiger partial charge in [0.1, 0.15) is 42.5 Å². The third kappa shape index (κ3) is 8.10. The van der Waals surface area contributed by atoms with Crippen molar-refractivity contribution in [2.45, 2.75) is 126 Å². The van der Waals surface area contributed by atoms with Crippen LogP contribution in [-0.4, -0.2) is 102 Å². The van der Waals surface area contributed by atoms with Gasteiger partial charge in [0.15, 0.2) is 11.5 Å². The quantitative estimate of drug-likeness (QED) is 0.372. The largest absolute Gasteiger partial charge is 0.486 e. The number of rotatable bonds is 5. The number of hydrogen-bond acceptors (Lipinski definition) is 11. The molecule has 16 nitrogen and oxygen atoms in total. The molecule has 2 saturated carbocycles. The van der Waals surface area contributed by atoms with Crippen molar-refractivity contribution in [3.05, 3.63) is 35.4 Å². The lowest BCUT2D eigenvalue weighted by Crippen LogP contribution is -2.58. The highest BCUT2D eigenvalue weighted by Crippen LogP contribution is 2.46. The molecule has 0 spiro atoms. The molecule has 0 bridgehead atoms. The molecule has 4 aliphatic heterocycles. The van der Waals surface area contributed by atoms with Gasteiger partial charge in [0.05, 0.1) is 18.3 Å². The number of hydrogen-bond donors (Lipinski definition) is 3. The van der Waals surface area contributed by atoms with E-state index >= 15 is 0 Å². The van der Waals surface area contributed by atoms with Crippen molar-refractivity contribution in [2.24, 2.45) is 5.92 Å². The van der Waals surface area contributed by atoms with E-state index in [1.165, 1.54) is 9.80 Å². The van der Waals surface area contributed by atoms with Crippen LogP contribution in [0.15, 0.2) is 24.3 Å². The zero-order valence-corrected chi connectivity index (χ0v) is 31.7. The number of nitrogens with one attached hydrogen (secondary N) is 3. The molecule has 1 unspecified atom stereocenters. The predicted molar refractivity (Wildman–Crippen MR) is 192 cm³/mol. The number of ether oxygens (including phenoxy) is 4. The topological polar surface area (TPSA) is 199 Å².